The number of amides is 1. The van der Waals surface area contributed by atoms with E-state index in [0.717, 1.165) is 45.7 Å². The third kappa shape index (κ3) is 8.18. The van der Waals surface area contributed by atoms with E-state index >= 15 is 0 Å². The average Bonchev–Trinajstić information content (AvgIpc) is 3.53. The number of nitrogens with one attached hydrogen (secondary N) is 1. The van der Waals surface area contributed by atoms with Crippen molar-refractivity contribution in [2.45, 2.75) is 45.6 Å². The van der Waals surface area contributed by atoms with Crippen molar-refractivity contribution in [2.24, 2.45) is 5.41 Å². The largest absolute Gasteiger partial charge is 0.493 e. The quantitative estimate of drug-likeness (QED) is 0.196. The summed E-state index contributed by atoms with van der Waals surface area (Å²) in [6, 6.07) is 11.8. The molecule has 1 aliphatic rings. The molecule has 1 heterocycles. The first kappa shape index (κ1) is 30.7. The Labute approximate surface area is 246 Å². The van der Waals surface area contributed by atoms with Gasteiger partial charge in [0.2, 0.25) is 5.91 Å². The Balaban J connectivity index is 1.41. The number of methoxy groups -OCH3 is 1. The first-order valence-electron chi connectivity index (χ1n) is 14.2. The molecule has 1 aromatic heterocycles. The van der Waals surface area contributed by atoms with Gasteiger partial charge in [-0.15, -0.1) is 11.3 Å². The van der Waals surface area contributed by atoms with Gasteiger partial charge < -0.3 is 29.2 Å². The second-order valence-corrected chi connectivity index (χ2v) is 11.8. The molecule has 1 aliphatic carbocycles. The predicted octanol–water partition coefficient (Wildman–Crippen LogP) is 4.40. The minimum absolute atomic E-state index is 0.0494. The summed E-state index contributed by atoms with van der Waals surface area (Å²) in [7, 11) is 5.62. The molecule has 0 bridgehead atoms. The van der Waals surface area contributed by atoms with Gasteiger partial charge in [0.15, 0.2) is 11.5 Å². The molecule has 10 heteroatoms. The number of esters is 1. The van der Waals surface area contributed by atoms with Crippen LogP contribution in [0.3, 0.4) is 0 Å². The van der Waals surface area contributed by atoms with Gasteiger partial charge in [0.05, 0.1) is 55.5 Å². The van der Waals surface area contributed by atoms with Crippen LogP contribution >= 0.6 is 11.3 Å². The summed E-state index contributed by atoms with van der Waals surface area (Å²) >= 11 is 1.49. The Kier molecular flexibility index (Phi) is 11.0. The number of hydrogen-bond donors (Lipinski definition) is 1. The van der Waals surface area contributed by atoms with E-state index in [9.17, 15) is 9.59 Å². The van der Waals surface area contributed by atoms with Crippen LogP contribution in [0, 0.1) is 5.41 Å². The van der Waals surface area contributed by atoms with Gasteiger partial charge in [-0.3, -0.25) is 9.59 Å². The molecule has 0 saturated heterocycles. The zero-order valence-corrected chi connectivity index (χ0v) is 25.3. The van der Waals surface area contributed by atoms with Crippen molar-refractivity contribution in [1.29, 1.82) is 0 Å². The van der Waals surface area contributed by atoms with Gasteiger partial charge in [-0.05, 0) is 44.5 Å². The number of likely N-dealkylation sites (N-methyl/N-ethyl adjacent to an activating group) is 1. The van der Waals surface area contributed by atoms with E-state index < -0.39 is 5.41 Å². The van der Waals surface area contributed by atoms with Gasteiger partial charge in [0.1, 0.15) is 11.6 Å². The Bertz CT molecular complexity index is 1300. The van der Waals surface area contributed by atoms with Crippen molar-refractivity contribution >= 4 is 33.4 Å². The molecule has 41 heavy (non-hydrogen) atoms. The highest BCUT2D eigenvalue weighted by molar-refractivity contribution is 7.18. The molecular weight excluding hydrogens is 542 g/mol. The highest BCUT2D eigenvalue weighted by Gasteiger charge is 2.45. The van der Waals surface area contributed by atoms with E-state index in [1.165, 1.54) is 11.3 Å². The number of carbonyl (C=O) groups excluding carboxylic acids is 2. The number of aromatic nitrogens is 1. The standard InChI is InChI=1S/C31H41N3O6S/c1-5-6-12-40-29(35)20-31(18-22-9-7-8-10-23(22)19-31)30(36)32-21-28-33-24-16-26(25(37-4)17-27(24)41-28)39-15-14-38-13-11-34(2)3/h7-10,16-17H,5-6,11-15,18-21H2,1-4H3,(H,32,36). The molecular formula is C31H41N3O6S. The summed E-state index contributed by atoms with van der Waals surface area (Å²) in [5, 5.41) is 3.83. The van der Waals surface area contributed by atoms with Crippen LogP contribution in [0.2, 0.25) is 0 Å². The van der Waals surface area contributed by atoms with Crippen LogP contribution in [0.1, 0.15) is 42.3 Å². The van der Waals surface area contributed by atoms with Gasteiger partial charge >= 0.3 is 5.97 Å². The molecule has 1 N–H and O–H groups in total. The van der Waals surface area contributed by atoms with Crippen LogP contribution < -0.4 is 14.8 Å². The van der Waals surface area contributed by atoms with Crippen LogP contribution in [0.15, 0.2) is 36.4 Å². The van der Waals surface area contributed by atoms with Gasteiger partial charge in [0, 0.05) is 18.7 Å². The highest BCUT2D eigenvalue weighted by Crippen LogP contribution is 2.41. The summed E-state index contributed by atoms with van der Waals surface area (Å²) in [5.74, 6) is 0.732. The average molecular weight is 584 g/mol. The van der Waals surface area contributed by atoms with Crippen LogP contribution in [-0.4, -0.2) is 75.9 Å². The smallest absolute Gasteiger partial charge is 0.306 e. The van der Waals surface area contributed by atoms with E-state index in [2.05, 4.69) is 10.2 Å². The molecule has 0 spiro atoms. The first-order chi connectivity index (χ1) is 19.8. The number of carbonyl (C=O) groups is 2. The maximum Gasteiger partial charge on any atom is 0.306 e. The van der Waals surface area contributed by atoms with Gasteiger partial charge in [-0.2, -0.15) is 0 Å². The molecule has 1 amide bonds. The lowest BCUT2D eigenvalue weighted by molar-refractivity contribution is -0.150. The molecule has 0 aliphatic heterocycles. The predicted molar refractivity (Wildman–Crippen MR) is 160 cm³/mol. The number of rotatable bonds is 16. The minimum Gasteiger partial charge on any atom is -0.493 e. The molecule has 222 valence electrons. The normalized spacial score (nSPS) is 13.8. The van der Waals surface area contributed by atoms with Crippen molar-refractivity contribution in [3.05, 3.63) is 52.5 Å². The van der Waals surface area contributed by atoms with Gasteiger partial charge in [0.25, 0.3) is 0 Å². The monoisotopic (exact) mass is 583 g/mol. The summed E-state index contributed by atoms with van der Waals surface area (Å²) in [6.45, 7) is 5.05. The fourth-order valence-electron chi connectivity index (χ4n) is 4.95. The van der Waals surface area contributed by atoms with Crippen molar-refractivity contribution in [1.82, 2.24) is 15.2 Å². The second-order valence-electron chi connectivity index (χ2n) is 10.7. The number of hydrogen-bond acceptors (Lipinski definition) is 9. The SMILES string of the molecule is CCCCOC(=O)CC1(C(=O)NCc2nc3cc(OCCOCCN(C)C)c(OC)cc3s2)Cc2ccccc2C1. The third-order valence-electron chi connectivity index (χ3n) is 7.19. The summed E-state index contributed by atoms with van der Waals surface area (Å²) in [6.07, 6.45) is 2.82. The molecule has 0 atom stereocenters. The molecule has 9 nitrogen and oxygen atoms in total. The van der Waals surface area contributed by atoms with E-state index in [1.807, 2.05) is 57.4 Å². The summed E-state index contributed by atoms with van der Waals surface area (Å²) in [5.41, 5.74) is 2.10. The molecule has 0 unspecified atom stereocenters. The molecule has 3 aromatic rings. The molecule has 4 rings (SSSR count). The number of unbranched alkanes of at least 4 members (excludes halogenated alkanes) is 1. The zero-order chi connectivity index (χ0) is 29.2. The van der Waals surface area contributed by atoms with Crippen LogP contribution in [0.25, 0.3) is 10.2 Å². The highest BCUT2D eigenvalue weighted by atomic mass is 32.1. The number of nitrogens with zero attached hydrogens (tertiary/aromatic N) is 2. The van der Waals surface area contributed by atoms with Crippen LogP contribution in [0.4, 0.5) is 0 Å². The topological polar surface area (TPSA) is 99.2 Å². The minimum atomic E-state index is -0.873. The maximum absolute atomic E-state index is 13.7. The lowest BCUT2D eigenvalue weighted by atomic mass is 9.80. The second kappa shape index (κ2) is 14.6. The Hall–Kier alpha value is -3.21. The third-order valence-corrected chi connectivity index (χ3v) is 8.21. The fraction of sp³-hybridized carbons (Fsp3) is 0.516. The van der Waals surface area contributed by atoms with Crippen LogP contribution in [0.5, 0.6) is 11.5 Å². The number of thiazole rings is 1. The van der Waals surface area contributed by atoms with E-state index in [0.29, 0.717) is 50.8 Å². The van der Waals surface area contributed by atoms with E-state index in [-0.39, 0.29) is 24.8 Å². The van der Waals surface area contributed by atoms with Crippen LogP contribution in [-0.2, 0) is 38.4 Å². The first-order valence-corrected chi connectivity index (χ1v) is 15.0. The molecule has 0 saturated carbocycles. The maximum atomic E-state index is 13.7. The van der Waals surface area contributed by atoms with E-state index in [4.69, 9.17) is 23.9 Å². The van der Waals surface area contributed by atoms with Crippen molar-refractivity contribution in [2.75, 3.05) is 54.2 Å². The summed E-state index contributed by atoms with van der Waals surface area (Å²) < 4.78 is 23.5. The van der Waals surface area contributed by atoms with E-state index in [1.54, 1.807) is 7.11 Å². The lowest BCUT2D eigenvalue weighted by Gasteiger charge is -2.26. The van der Waals surface area contributed by atoms with Crippen molar-refractivity contribution in [3.63, 3.8) is 0 Å². The number of ether oxygens (including phenoxy) is 4. The molecule has 2 aromatic carbocycles. The zero-order valence-electron chi connectivity index (χ0n) is 24.5. The van der Waals surface area contributed by atoms with Gasteiger partial charge in [-0.1, -0.05) is 37.6 Å². The number of fused-ring (bicyclic) bond motifs is 2. The Morgan fingerprint density at radius 3 is 2.49 bits per heavy atom. The Morgan fingerprint density at radius 1 is 1.05 bits per heavy atom. The number of benzene rings is 2. The Morgan fingerprint density at radius 2 is 1.80 bits per heavy atom. The molecule has 0 fully saturated rings. The summed E-state index contributed by atoms with van der Waals surface area (Å²) in [4.78, 5) is 33.2. The van der Waals surface area contributed by atoms with Crippen molar-refractivity contribution in [3.8, 4) is 11.5 Å². The van der Waals surface area contributed by atoms with Gasteiger partial charge in [-0.25, -0.2) is 4.98 Å². The lowest BCUT2D eigenvalue weighted by Crippen LogP contribution is -2.43. The van der Waals surface area contributed by atoms with Crippen molar-refractivity contribution < 1.29 is 28.5 Å². The molecule has 0 radical (unpaired) electrons. The fourth-order valence-corrected chi connectivity index (χ4v) is 5.87.